The van der Waals surface area contributed by atoms with E-state index in [4.69, 9.17) is 42.1 Å². The summed E-state index contributed by atoms with van der Waals surface area (Å²) in [5.41, 5.74) is 4.85. The number of nitrogens with zero attached hydrogens (tertiary/aromatic N) is 1. The average molecular weight is 603 g/mol. The number of carbonyl (C=O) groups excluding carboxylic acids is 2. The van der Waals surface area contributed by atoms with Gasteiger partial charge < -0.3 is 24.3 Å². The summed E-state index contributed by atoms with van der Waals surface area (Å²) < 4.78 is 22.7. The molecule has 0 saturated heterocycles. The maximum Gasteiger partial charge on any atom is 0.271 e. The second-order valence-corrected chi connectivity index (χ2v) is 9.52. The normalized spacial score (nSPS) is 10.8. The summed E-state index contributed by atoms with van der Waals surface area (Å²) in [6, 6.07) is 13.4. The van der Waals surface area contributed by atoms with Crippen molar-refractivity contribution >= 4 is 46.9 Å². The van der Waals surface area contributed by atoms with E-state index in [2.05, 4.69) is 15.8 Å². The molecule has 0 spiro atoms. The van der Waals surface area contributed by atoms with Gasteiger partial charge in [-0.25, -0.2) is 5.43 Å². The Bertz CT molecular complexity index is 1400. The van der Waals surface area contributed by atoms with Crippen LogP contribution >= 0.6 is 23.2 Å². The molecular weight excluding hydrogens is 569 g/mol. The highest BCUT2D eigenvalue weighted by Gasteiger charge is 2.15. The van der Waals surface area contributed by atoms with E-state index >= 15 is 0 Å². The van der Waals surface area contributed by atoms with E-state index < -0.39 is 11.8 Å². The van der Waals surface area contributed by atoms with Gasteiger partial charge in [-0.15, -0.1) is 0 Å². The lowest BCUT2D eigenvalue weighted by molar-refractivity contribution is -0.118. The first-order valence-electron chi connectivity index (χ1n) is 13.1. The van der Waals surface area contributed by atoms with E-state index in [1.165, 1.54) is 6.21 Å². The monoisotopic (exact) mass is 601 g/mol. The Kier molecular flexibility index (Phi) is 12.1. The molecule has 2 N–H and O–H groups in total. The van der Waals surface area contributed by atoms with Crippen LogP contribution in [0.25, 0.3) is 0 Å². The van der Waals surface area contributed by atoms with E-state index in [0.717, 1.165) is 12.0 Å². The van der Waals surface area contributed by atoms with Crippen molar-refractivity contribution in [1.82, 2.24) is 5.43 Å². The van der Waals surface area contributed by atoms with Crippen LogP contribution in [-0.2, 0) is 4.79 Å². The molecule has 0 unspecified atom stereocenters. The minimum Gasteiger partial charge on any atom is -0.490 e. The van der Waals surface area contributed by atoms with Gasteiger partial charge in [0.1, 0.15) is 0 Å². The molecule has 2 amide bonds. The Hall–Kier alpha value is -3.95. The maximum atomic E-state index is 12.7. The van der Waals surface area contributed by atoms with Crippen molar-refractivity contribution in [1.29, 1.82) is 0 Å². The van der Waals surface area contributed by atoms with Crippen LogP contribution in [0.4, 0.5) is 5.69 Å². The molecule has 3 aromatic carbocycles. The van der Waals surface area contributed by atoms with Gasteiger partial charge in [0.05, 0.1) is 31.1 Å². The Morgan fingerprint density at radius 1 is 0.854 bits per heavy atom. The van der Waals surface area contributed by atoms with Gasteiger partial charge >= 0.3 is 0 Å². The zero-order chi connectivity index (χ0) is 29.8. The summed E-state index contributed by atoms with van der Waals surface area (Å²) in [4.78, 5) is 25.1. The average Bonchev–Trinajstić information content (AvgIpc) is 2.94. The van der Waals surface area contributed by atoms with Crippen LogP contribution in [0.3, 0.4) is 0 Å². The summed E-state index contributed by atoms with van der Waals surface area (Å²) in [5, 5.41) is 7.53. The van der Waals surface area contributed by atoms with Gasteiger partial charge in [0.2, 0.25) is 0 Å². The number of hydrazone groups is 1. The van der Waals surface area contributed by atoms with Crippen molar-refractivity contribution < 1.29 is 28.5 Å². The summed E-state index contributed by atoms with van der Waals surface area (Å²) in [6.07, 6.45) is 2.27. The molecule has 0 aliphatic heterocycles. The van der Waals surface area contributed by atoms with Crippen molar-refractivity contribution in [3.8, 4) is 23.0 Å². The predicted molar refractivity (Wildman–Crippen MR) is 161 cm³/mol. The molecule has 0 atom stereocenters. The number of rotatable bonds is 14. The smallest absolute Gasteiger partial charge is 0.271 e. The van der Waals surface area contributed by atoms with Gasteiger partial charge in [-0.2, -0.15) is 5.10 Å². The molecule has 0 bridgehead atoms. The highest BCUT2D eigenvalue weighted by Crippen LogP contribution is 2.36. The number of carbonyl (C=O) groups is 2. The van der Waals surface area contributed by atoms with Crippen molar-refractivity contribution in [3.05, 3.63) is 75.3 Å². The summed E-state index contributed by atoms with van der Waals surface area (Å²) in [5.74, 6) is 0.767. The van der Waals surface area contributed by atoms with Crippen molar-refractivity contribution in [2.24, 2.45) is 5.10 Å². The summed E-state index contributed by atoms with van der Waals surface area (Å²) >= 11 is 12.6. The number of benzene rings is 3. The van der Waals surface area contributed by atoms with Crippen molar-refractivity contribution in [2.75, 3.05) is 31.7 Å². The molecule has 0 radical (unpaired) electrons. The molecule has 0 saturated carbocycles. The molecule has 0 aromatic heterocycles. The fourth-order valence-electron chi connectivity index (χ4n) is 3.55. The van der Waals surface area contributed by atoms with Crippen LogP contribution in [0.5, 0.6) is 23.0 Å². The van der Waals surface area contributed by atoms with Crippen LogP contribution in [-0.4, -0.2) is 44.5 Å². The highest BCUT2D eigenvalue weighted by molar-refractivity contribution is 6.32. The Balaban J connectivity index is 1.66. The van der Waals surface area contributed by atoms with Gasteiger partial charge in [0.25, 0.3) is 11.8 Å². The van der Waals surface area contributed by atoms with Crippen LogP contribution in [0, 0.1) is 6.92 Å². The second-order valence-electron chi connectivity index (χ2n) is 8.71. The van der Waals surface area contributed by atoms with Gasteiger partial charge in [-0.3, -0.25) is 9.59 Å². The summed E-state index contributed by atoms with van der Waals surface area (Å²) in [6.45, 7) is 8.55. The van der Waals surface area contributed by atoms with Crippen LogP contribution in [0.2, 0.25) is 10.0 Å². The van der Waals surface area contributed by atoms with E-state index in [-0.39, 0.29) is 17.4 Å². The Morgan fingerprint density at radius 3 is 2.32 bits per heavy atom. The fraction of sp³-hybridized carbons (Fsp3) is 0.300. The van der Waals surface area contributed by atoms with E-state index in [1.807, 2.05) is 33.8 Å². The number of hydrogen-bond donors (Lipinski definition) is 2. The number of amides is 2. The Labute approximate surface area is 249 Å². The molecule has 0 aliphatic rings. The SMILES string of the molecule is CCCOc1ccc(C(=O)N/N=C/c2cc(Cl)c(OCC(=O)Nc3ccc(C)c(Cl)c3)c(OCC)c2)cc1OCC. The minimum absolute atomic E-state index is 0.207. The first-order valence-corrected chi connectivity index (χ1v) is 13.9. The molecule has 11 heteroatoms. The van der Waals surface area contributed by atoms with Crippen LogP contribution in [0.1, 0.15) is 48.7 Å². The molecular formula is C30H33Cl2N3O6. The van der Waals surface area contributed by atoms with Crippen molar-refractivity contribution in [2.45, 2.75) is 34.1 Å². The van der Waals surface area contributed by atoms with E-state index in [1.54, 1.807) is 42.5 Å². The third-order valence-electron chi connectivity index (χ3n) is 5.48. The predicted octanol–water partition coefficient (Wildman–Crippen LogP) is 6.67. The summed E-state index contributed by atoms with van der Waals surface area (Å²) in [7, 11) is 0. The third kappa shape index (κ3) is 9.30. The number of anilines is 1. The zero-order valence-electron chi connectivity index (χ0n) is 23.4. The van der Waals surface area contributed by atoms with Crippen molar-refractivity contribution in [3.63, 3.8) is 0 Å². The molecule has 218 valence electrons. The highest BCUT2D eigenvalue weighted by atomic mass is 35.5. The molecule has 41 heavy (non-hydrogen) atoms. The molecule has 3 aromatic rings. The van der Waals surface area contributed by atoms with Gasteiger partial charge in [-0.1, -0.05) is 36.2 Å². The Morgan fingerprint density at radius 2 is 1.61 bits per heavy atom. The quantitative estimate of drug-likeness (QED) is 0.158. The first-order chi connectivity index (χ1) is 19.7. The largest absolute Gasteiger partial charge is 0.490 e. The second kappa shape index (κ2) is 15.7. The van der Waals surface area contributed by atoms with Gasteiger partial charge in [0, 0.05) is 16.3 Å². The first kappa shape index (κ1) is 31.6. The maximum absolute atomic E-state index is 12.7. The van der Waals surface area contributed by atoms with Gasteiger partial charge in [0.15, 0.2) is 29.6 Å². The molecule has 3 rings (SSSR count). The van der Waals surface area contributed by atoms with E-state index in [9.17, 15) is 9.59 Å². The standard InChI is InChI=1S/C30H33Cl2N3O6/c1-5-12-40-25-11-9-21(15-26(25)38-6-2)30(37)35-33-17-20-13-24(32)29(27(14-20)39-7-3)41-18-28(36)34-22-10-8-19(4)23(31)16-22/h8-11,13-17H,5-7,12,18H2,1-4H3,(H,34,36)(H,35,37)/b33-17+. The van der Waals surface area contributed by atoms with Gasteiger partial charge in [-0.05, 0) is 80.8 Å². The topological polar surface area (TPSA) is 107 Å². The molecule has 0 aliphatic carbocycles. The number of hydrogen-bond acceptors (Lipinski definition) is 7. The number of ether oxygens (including phenoxy) is 4. The third-order valence-corrected chi connectivity index (χ3v) is 6.17. The molecule has 9 nitrogen and oxygen atoms in total. The molecule has 0 fully saturated rings. The zero-order valence-corrected chi connectivity index (χ0v) is 24.9. The lowest BCUT2D eigenvalue weighted by Gasteiger charge is -2.14. The lowest BCUT2D eigenvalue weighted by Crippen LogP contribution is -2.20. The van der Waals surface area contributed by atoms with Crippen LogP contribution in [0.15, 0.2) is 53.6 Å². The minimum atomic E-state index is -0.429. The van der Waals surface area contributed by atoms with E-state index in [0.29, 0.717) is 58.9 Å². The molecule has 0 heterocycles. The fourth-order valence-corrected chi connectivity index (χ4v) is 4.00. The number of halogens is 2. The lowest BCUT2D eigenvalue weighted by atomic mass is 10.2. The number of nitrogens with one attached hydrogen (secondary N) is 2. The van der Waals surface area contributed by atoms with Crippen LogP contribution < -0.4 is 29.7 Å². The number of aryl methyl sites for hydroxylation is 1.